The van der Waals surface area contributed by atoms with Crippen molar-refractivity contribution in [2.75, 3.05) is 57.3 Å². The quantitative estimate of drug-likeness (QED) is 0.697. The van der Waals surface area contributed by atoms with Crippen molar-refractivity contribution in [2.24, 2.45) is 11.8 Å². The molecule has 32 heavy (non-hydrogen) atoms. The molecule has 6 nitrogen and oxygen atoms in total. The molecule has 1 unspecified atom stereocenters. The van der Waals surface area contributed by atoms with Crippen molar-refractivity contribution < 1.29 is 8.42 Å². The largest absolute Gasteiger partial charge is 0.369 e. The molecule has 0 aromatic heterocycles. The Morgan fingerprint density at radius 2 is 1.56 bits per heavy atom. The average molecular weight is 455 g/mol. The van der Waals surface area contributed by atoms with Gasteiger partial charge in [-0.25, -0.2) is 13.1 Å². The number of rotatable bonds is 7. The van der Waals surface area contributed by atoms with Crippen LogP contribution in [0.15, 0.2) is 65.6 Å². The van der Waals surface area contributed by atoms with Gasteiger partial charge in [0, 0.05) is 57.5 Å². The molecule has 0 radical (unpaired) electrons. The topological polar surface area (TPSA) is 55.9 Å². The summed E-state index contributed by atoms with van der Waals surface area (Å²) in [5.74, 6) is 1.41. The lowest BCUT2D eigenvalue weighted by Crippen LogP contribution is -2.59. The van der Waals surface area contributed by atoms with Crippen LogP contribution < -0.4 is 9.62 Å². The molecule has 0 saturated carbocycles. The van der Waals surface area contributed by atoms with Crippen molar-refractivity contribution in [3.63, 3.8) is 0 Å². The summed E-state index contributed by atoms with van der Waals surface area (Å²) in [6.07, 6.45) is 2.35. The fraction of sp³-hybridized carbons (Fsp3) is 0.520. The monoisotopic (exact) mass is 454 g/mol. The van der Waals surface area contributed by atoms with Crippen LogP contribution in [0.1, 0.15) is 12.8 Å². The van der Waals surface area contributed by atoms with E-state index in [1.165, 1.54) is 18.7 Å². The van der Waals surface area contributed by atoms with E-state index in [0.717, 1.165) is 45.7 Å². The molecule has 7 heteroatoms. The highest BCUT2D eigenvalue weighted by molar-refractivity contribution is 7.89. The standard InChI is InChI=1S/C25H34N4O2S/c30-32(31,25-9-5-2-6-10-25)26-18-24-17-21-11-12-29(24)20-22(21)19-27-13-15-28(16-14-27)23-7-3-1-4-8-23/h1-10,21-22,24,26H,11-20H2/t21-,22+,24+/m0/s1. The summed E-state index contributed by atoms with van der Waals surface area (Å²) in [4.78, 5) is 8.00. The molecule has 172 valence electrons. The number of para-hydroxylation sites is 1. The Morgan fingerprint density at radius 3 is 2.22 bits per heavy atom. The van der Waals surface area contributed by atoms with Crippen molar-refractivity contribution in [3.8, 4) is 0 Å². The highest BCUT2D eigenvalue weighted by atomic mass is 32.2. The second kappa shape index (κ2) is 9.51. The smallest absolute Gasteiger partial charge is 0.240 e. The van der Waals surface area contributed by atoms with Gasteiger partial charge >= 0.3 is 0 Å². The van der Waals surface area contributed by atoms with E-state index in [0.29, 0.717) is 29.3 Å². The molecular weight excluding hydrogens is 420 g/mol. The number of sulfonamides is 1. The molecule has 4 atom stereocenters. The van der Waals surface area contributed by atoms with Crippen LogP contribution in [0.25, 0.3) is 0 Å². The van der Waals surface area contributed by atoms with Gasteiger partial charge in [-0.15, -0.1) is 0 Å². The zero-order valence-corrected chi connectivity index (χ0v) is 19.5. The zero-order valence-electron chi connectivity index (χ0n) is 18.6. The first-order valence-corrected chi connectivity index (χ1v) is 13.4. The van der Waals surface area contributed by atoms with Gasteiger partial charge in [0.15, 0.2) is 0 Å². The number of benzene rings is 2. The van der Waals surface area contributed by atoms with Gasteiger partial charge in [-0.3, -0.25) is 9.80 Å². The maximum Gasteiger partial charge on any atom is 0.240 e. The molecule has 0 spiro atoms. The van der Waals surface area contributed by atoms with Crippen LogP contribution in [-0.2, 0) is 10.0 Å². The number of piperazine rings is 1. The molecular formula is C25H34N4O2S. The average Bonchev–Trinajstić information content (AvgIpc) is 2.85. The summed E-state index contributed by atoms with van der Waals surface area (Å²) in [6, 6.07) is 19.7. The number of fused-ring (bicyclic) bond motifs is 3. The maximum absolute atomic E-state index is 12.6. The minimum Gasteiger partial charge on any atom is -0.369 e. The molecule has 4 aliphatic heterocycles. The molecule has 2 bridgehead atoms. The predicted molar refractivity (Wildman–Crippen MR) is 128 cm³/mol. The second-order valence-electron chi connectivity index (χ2n) is 9.48. The molecule has 4 aliphatic rings. The fourth-order valence-electron chi connectivity index (χ4n) is 5.72. The Kier molecular flexibility index (Phi) is 6.51. The third-order valence-corrected chi connectivity index (χ3v) is 9.00. The van der Waals surface area contributed by atoms with Crippen molar-refractivity contribution >= 4 is 15.7 Å². The van der Waals surface area contributed by atoms with Crippen LogP contribution in [0.2, 0.25) is 0 Å². The Labute approximate surface area is 192 Å². The number of nitrogens with zero attached hydrogens (tertiary/aromatic N) is 3. The minimum absolute atomic E-state index is 0.318. The Bertz CT molecular complexity index is 978. The van der Waals surface area contributed by atoms with Crippen molar-refractivity contribution in [3.05, 3.63) is 60.7 Å². The number of hydrogen-bond donors (Lipinski definition) is 1. The van der Waals surface area contributed by atoms with Crippen LogP contribution in [0.3, 0.4) is 0 Å². The first-order chi connectivity index (χ1) is 15.6. The number of nitrogens with one attached hydrogen (secondary N) is 1. The highest BCUT2D eigenvalue weighted by Crippen LogP contribution is 2.36. The van der Waals surface area contributed by atoms with Gasteiger partial charge in [-0.2, -0.15) is 0 Å². The summed E-state index contributed by atoms with van der Waals surface area (Å²) in [5.41, 5.74) is 1.33. The van der Waals surface area contributed by atoms with Gasteiger partial charge in [-0.1, -0.05) is 36.4 Å². The molecule has 0 aliphatic carbocycles. The molecule has 2 aromatic rings. The van der Waals surface area contributed by atoms with Gasteiger partial charge in [0.1, 0.15) is 0 Å². The summed E-state index contributed by atoms with van der Waals surface area (Å²) in [5, 5.41) is 0. The van der Waals surface area contributed by atoms with Gasteiger partial charge in [-0.05, 0) is 55.5 Å². The summed E-state index contributed by atoms with van der Waals surface area (Å²) in [6.45, 7) is 8.31. The van der Waals surface area contributed by atoms with Gasteiger partial charge in [0.25, 0.3) is 0 Å². The van der Waals surface area contributed by atoms with Gasteiger partial charge < -0.3 is 4.90 Å². The lowest BCUT2D eigenvalue weighted by Gasteiger charge is -2.51. The molecule has 4 fully saturated rings. The SMILES string of the molecule is O=S(=O)(NC[C@H]1C[C@@H]2CCN1C[C@H]2CN1CCN(c2ccccc2)CC1)c1ccccc1. The minimum atomic E-state index is -3.43. The highest BCUT2D eigenvalue weighted by Gasteiger charge is 2.41. The van der Waals surface area contributed by atoms with E-state index in [-0.39, 0.29) is 0 Å². The van der Waals surface area contributed by atoms with Gasteiger partial charge in [0.2, 0.25) is 10.0 Å². The third kappa shape index (κ3) is 4.86. The number of anilines is 1. The van der Waals surface area contributed by atoms with E-state index >= 15 is 0 Å². The Balaban J connectivity index is 1.11. The van der Waals surface area contributed by atoms with E-state index in [1.54, 1.807) is 24.3 Å². The summed E-state index contributed by atoms with van der Waals surface area (Å²) >= 11 is 0. The van der Waals surface area contributed by atoms with Crippen LogP contribution >= 0.6 is 0 Å². The Morgan fingerprint density at radius 1 is 0.875 bits per heavy atom. The van der Waals surface area contributed by atoms with Crippen molar-refractivity contribution in [2.45, 2.75) is 23.8 Å². The van der Waals surface area contributed by atoms with Crippen molar-refractivity contribution in [1.82, 2.24) is 14.5 Å². The first kappa shape index (κ1) is 21.9. The van der Waals surface area contributed by atoms with E-state index in [2.05, 4.69) is 49.8 Å². The number of hydrogen-bond acceptors (Lipinski definition) is 5. The molecule has 0 amide bonds. The molecule has 2 aromatic carbocycles. The van der Waals surface area contributed by atoms with Crippen LogP contribution in [-0.4, -0.2) is 76.6 Å². The van der Waals surface area contributed by atoms with Gasteiger partial charge in [0.05, 0.1) is 4.90 Å². The van der Waals surface area contributed by atoms with Crippen LogP contribution in [0, 0.1) is 11.8 Å². The zero-order chi connectivity index (χ0) is 22.0. The second-order valence-corrected chi connectivity index (χ2v) is 11.2. The molecule has 1 N–H and O–H groups in total. The molecule has 4 saturated heterocycles. The lowest BCUT2D eigenvalue weighted by molar-refractivity contribution is -0.0107. The summed E-state index contributed by atoms with van der Waals surface area (Å²) in [7, 11) is -3.43. The third-order valence-electron chi connectivity index (χ3n) is 7.56. The van der Waals surface area contributed by atoms with Crippen LogP contribution in [0.4, 0.5) is 5.69 Å². The van der Waals surface area contributed by atoms with Crippen molar-refractivity contribution in [1.29, 1.82) is 0 Å². The van der Waals surface area contributed by atoms with E-state index < -0.39 is 10.0 Å². The van der Waals surface area contributed by atoms with E-state index in [1.807, 2.05) is 6.07 Å². The van der Waals surface area contributed by atoms with Crippen LogP contribution in [0.5, 0.6) is 0 Å². The molecule has 6 rings (SSSR count). The Hall–Kier alpha value is -1.93. The summed E-state index contributed by atoms with van der Waals surface area (Å²) < 4.78 is 28.1. The lowest BCUT2D eigenvalue weighted by atomic mass is 9.75. The first-order valence-electron chi connectivity index (χ1n) is 11.9. The molecule has 4 heterocycles. The predicted octanol–water partition coefficient (Wildman–Crippen LogP) is 2.50. The maximum atomic E-state index is 12.6. The normalized spacial score (nSPS) is 28.7. The van der Waals surface area contributed by atoms with E-state index in [4.69, 9.17) is 0 Å². The fourth-order valence-corrected chi connectivity index (χ4v) is 6.81. The number of piperidine rings is 3. The van der Waals surface area contributed by atoms with E-state index in [9.17, 15) is 8.42 Å².